The van der Waals surface area contributed by atoms with E-state index in [1.165, 1.54) is 0 Å². The van der Waals surface area contributed by atoms with Crippen molar-refractivity contribution in [1.82, 2.24) is 5.32 Å². The highest BCUT2D eigenvalue weighted by molar-refractivity contribution is 5.81. The minimum atomic E-state index is -2.46. The van der Waals surface area contributed by atoms with Gasteiger partial charge in [0.1, 0.15) is 12.1 Å². The van der Waals surface area contributed by atoms with E-state index in [0.717, 1.165) is 12.8 Å². The zero-order chi connectivity index (χ0) is 13.9. The van der Waals surface area contributed by atoms with E-state index in [1.807, 2.05) is 0 Å². The molecule has 1 N–H and O–H groups in total. The first-order valence-corrected chi connectivity index (χ1v) is 6.90. The second-order valence-corrected chi connectivity index (χ2v) is 5.31. The van der Waals surface area contributed by atoms with Crippen LogP contribution in [0.5, 0.6) is 0 Å². The van der Waals surface area contributed by atoms with Crippen LogP contribution in [0.3, 0.4) is 0 Å². The van der Waals surface area contributed by atoms with Crippen molar-refractivity contribution in [2.75, 3.05) is 13.2 Å². The van der Waals surface area contributed by atoms with Crippen molar-refractivity contribution in [2.24, 2.45) is 0 Å². The van der Waals surface area contributed by atoms with Gasteiger partial charge in [-0.1, -0.05) is 0 Å². The summed E-state index contributed by atoms with van der Waals surface area (Å²) in [6, 6.07) is 0.359. The predicted octanol–water partition coefficient (Wildman–Crippen LogP) is 1.87. The maximum absolute atomic E-state index is 12.1. The van der Waals surface area contributed by atoms with Crippen LogP contribution in [-0.4, -0.2) is 43.3 Å². The first kappa shape index (κ1) is 14.7. The molecule has 110 valence electrons. The topological polar surface area (TPSA) is 47.6 Å². The molecule has 0 aromatic heterocycles. The Hall–Kier alpha value is -0.750. The maximum atomic E-state index is 12.1. The van der Waals surface area contributed by atoms with Gasteiger partial charge in [-0.2, -0.15) is 0 Å². The Balaban J connectivity index is 1.93. The fraction of sp³-hybridized carbons (Fsp3) is 0.923. The van der Waals surface area contributed by atoms with Crippen LogP contribution in [0.15, 0.2) is 0 Å². The van der Waals surface area contributed by atoms with E-state index < -0.39 is 18.6 Å². The predicted molar refractivity (Wildman–Crippen MR) is 65.1 cm³/mol. The molecule has 0 aromatic rings. The highest BCUT2D eigenvalue weighted by Crippen LogP contribution is 2.36. The van der Waals surface area contributed by atoms with Gasteiger partial charge in [0.25, 0.3) is 6.43 Å². The minimum absolute atomic E-state index is 0.273. The standard InChI is InChI=1S/C13H21F2NO3/c1-2-18-12(17)13(16-9-3-4-9)6-5-10(7-13)19-8-11(14)15/h9-11,16H,2-8H2,1H3. The van der Waals surface area contributed by atoms with Gasteiger partial charge in [0, 0.05) is 12.5 Å². The Morgan fingerprint density at radius 2 is 2.16 bits per heavy atom. The molecule has 2 saturated carbocycles. The molecule has 2 aliphatic carbocycles. The van der Waals surface area contributed by atoms with E-state index in [1.54, 1.807) is 6.92 Å². The molecule has 0 saturated heterocycles. The number of carbonyl (C=O) groups excluding carboxylic acids is 1. The second-order valence-electron chi connectivity index (χ2n) is 5.31. The van der Waals surface area contributed by atoms with Gasteiger partial charge in [0.2, 0.25) is 0 Å². The van der Waals surface area contributed by atoms with Crippen LogP contribution in [0, 0.1) is 0 Å². The average molecular weight is 277 g/mol. The van der Waals surface area contributed by atoms with E-state index >= 15 is 0 Å². The average Bonchev–Trinajstić information content (AvgIpc) is 3.06. The Morgan fingerprint density at radius 3 is 2.74 bits per heavy atom. The number of hydrogen-bond donors (Lipinski definition) is 1. The molecule has 0 aliphatic heterocycles. The lowest BCUT2D eigenvalue weighted by molar-refractivity contribution is -0.151. The van der Waals surface area contributed by atoms with E-state index in [2.05, 4.69) is 5.32 Å². The number of carbonyl (C=O) groups is 1. The van der Waals surface area contributed by atoms with Crippen molar-refractivity contribution in [3.63, 3.8) is 0 Å². The van der Waals surface area contributed by atoms with Crippen molar-refractivity contribution in [1.29, 1.82) is 0 Å². The first-order valence-electron chi connectivity index (χ1n) is 6.90. The van der Waals surface area contributed by atoms with Crippen molar-refractivity contribution < 1.29 is 23.0 Å². The lowest BCUT2D eigenvalue weighted by Crippen LogP contribution is -2.52. The highest BCUT2D eigenvalue weighted by Gasteiger charge is 2.49. The molecule has 6 heteroatoms. The zero-order valence-corrected chi connectivity index (χ0v) is 11.2. The smallest absolute Gasteiger partial charge is 0.326 e. The first-order chi connectivity index (χ1) is 9.05. The number of halogens is 2. The van der Waals surface area contributed by atoms with Crippen LogP contribution in [0.2, 0.25) is 0 Å². The number of esters is 1. The van der Waals surface area contributed by atoms with E-state index in [0.29, 0.717) is 31.9 Å². The highest BCUT2D eigenvalue weighted by atomic mass is 19.3. The molecule has 0 radical (unpaired) electrons. The third-order valence-corrected chi connectivity index (χ3v) is 3.65. The summed E-state index contributed by atoms with van der Waals surface area (Å²) in [5.41, 5.74) is -0.732. The second kappa shape index (κ2) is 6.13. The van der Waals surface area contributed by atoms with Gasteiger partial charge in [-0.3, -0.25) is 10.1 Å². The van der Waals surface area contributed by atoms with Crippen molar-refractivity contribution in [3.8, 4) is 0 Å². The van der Waals surface area contributed by atoms with Gasteiger partial charge in [0.15, 0.2) is 0 Å². The summed E-state index contributed by atoms with van der Waals surface area (Å²) < 4.78 is 34.6. The molecule has 2 rings (SSSR count). The molecule has 19 heavy (non-hydrogen) atoms. The summed E-state index contributed by atoms with van der Waals surface area (Å²) in [5, 5.41) is 3.33. The molecule has 2 aliphatic rings. The van der Waals surface area contributed by atoms with E-state index in [4.69, 9.17) is 9.47 Å². The monoisotopic (exact) mass is 277 g/mol. The molecule has 0 heterocycles. The van der Waals surface area contributed by atoms with Crippen LogP contribution < -0.4 is 5.32 Å². The molecular weight excluding hydrogens is 256 g/mol. The van der Waals surface area contributed by atoms with Crippen molar-refractivity contribution >= 4 is 5.97 Å². The van der Waals surface area contributed by atoms with Gasteiger partial charge in [-0.15, -0.1) is 0 Å². The zero-order valence-electron chi connectivity index (χ0n) is 11.2. The Morgan fingerprint density at radius 1 is 1.42 bits per heavy atom. The van der Waals surface area contributed by atoms with Crippen LogP contribution in [0.1, 0.15) is 39.0 Å². The third kappa shape index (κ3) is 3.86. The normalized spacial score (nSPS) is 30.8. The lowest BCUT2D eigenvalue weighted by Gasteiger charge is -2.28. The molecule has 2 atom stereocenters. The van der Waals surface area contributed by atoms with Crippen LogP contribution in [-0.2, 0) is 14.3 Å². The maximum Gasteiger partial charge on any atom is 0.326 e. The molecule has 0 bridgehead atoms. The van der Waals surface area contributed by atoms with Gasteiger partial charge in [0.05, 0.1) is 12.7 Å². The molecule has 4 nitrogen and oxygen atoms in total. The van der Waals surface area contributed by atoms with Crippen LogP contribution in [0.25, 0.3) is 0 Å². The molecule has 0 aromatic carbocycles. The number of hydrogen-bond acceptors (Lipinski definition) is 4. The molecule has 0 spiro atoms. The fourth-order valence-electron chi connectivity index (χ4n) is 2.61. The Kier molecular flexibility index (Phi) is 4.73. The molecule has 2 fully saturated rings. The molecule has 2 unspecified atom stereocenters. The van der Waals surface area contributed by atoms with Gasteiger partial charge >= 0.3 is 5.97 Å². The SMILES string of the molecule is CCOC(=O)C1(NC2CC2)CCC(OCC(F)F)C1. The fourth-order valence-corrected chi connectivity index (χ4v) is 2.61. The summed E-state index contributed by atoms with van der Waals surface area (Å²) in [4.78, 5) is 12.1. The quantitative estimate of drug-likeness (QED) is 0.722. The number of alkyl halides is 2. The van der Waals surface area contributed by atoms with E-state index in [-0.39, 0.29) is 12.1 Å². The number of rotatable bonds is 7. The summed E-state index contributed by atoms with van der Waals surface area (Å²) in [6.45, 7) is 1.53. The largest absolute Gasteiger partial charge is 0.465 e. The third-order valence-electron chi connectivity index (χ3n) is 3.65. The van der Waals surface area contributed by atoms with Crippen molar-refractivity contribution in [2.45, 2.75) is 63.1 Å². The Labute approximate surface area is 111 Å². The number of ether oxygens (including phenoxy) is 2. The summed E-state index contributed by atoms with van der Waals surface area (Å²) >= 11 is 0. The minimum Gasteiger partial charge on any atom is -0.465 e. The van der Waals surface area contributed by atoms with E-state index in [9.17, 15) is 13.6 Å². The number of nitrogens with one attached hydrogen (secondary N) is 1. The van der Waals surface area contributed by atoms with Gasteiger partial charge in [-0.25, -0.2) is 8.78 Å². The summed E-state index contributed by atoms with van der Waals surface area (Å²) in [5.74, 6) is -0.273. The van der Waals surface area contributed by atoms with Crippen molar-refractivity contribution in [3.05, 3.63) is 0 Å². The molecule has 0 amide bonds. The summed E-state index contributed by atoms with van der Waals surface area (Å²) in [6.07, 6.45) is 1.00. The summed E-state index contributed by atoms with van der Waals surface area (Å²) in [7, 11) is 0. The van der Waals surface area contributed by atoms with Crippen LogP contribution >= 0.6 is 0 Å². The lowest BCUT2D eigenvalue weighted by atomic mass is 9.97. The molecular formula is C13H21F2NO3. The van der Waals surface area contributed by atoms with Crippen LogP contribution in [0.4, 0.5) is 8.78 Å². The Bertz CT molecular complexity index is 323. The van der Waals surface area contributed by atoms with Gasteiger partial charge in [-0.05, 0) is 32.6 Å². The van der Waals surface area contributed by atoms with Gasteiger partial charge < -0.3 is 9.47 Å².